The number of nitrogens with two attached hydrogens (primary N) is 1. The summed E-state index contributed by atoms with van der Waals surface area (Å²) in [5.41, 5.74) is 7.39. The second-order valence-corrected chi connectivity index (χ2v) is 3.90. The van der Waals surface area contributed by atoms with E-state index >= 15 is 0 Å². The molecule has 1 aliphatic carbocycles. The molecule has 0 radical (unpaired) electrons. The first-order valence-electron chi connectivity index (χ1n) is 4.78. The number of hydrogen-bond donors (Lipinski definition) is 2. The van der Waals surface area contributed by atoms with Gasteiger partial charge in [-0.05, 0) is 25.5 Å². The smallest absolute Gasteiger partial charge is 0.268 e. The standard InChI is InChI=1S/C10H15N3O/c1-6-3-4-9(13(6)2)10(14)12-8-5-7(8)11/h3-4,7-8H,5,11H2,1-2H3,(H,12,14). The first-order valence-corrected chi connectivity index (χ1v) is 4.78. The topological polar surface area (TPSA) is 60.1 Å². The third-order valence-electron chi connectivity index (χ3n) is 2.76. The molecule has 0 spiro atoms. The van der Waals surface area contributed by atoms with Crippen molar-refractivity contribution < 1.29 is 4.79 Å². The van der Waals surface area contributed by atoms with E-state index in [0.717, 1.165) is 12.1 Å². The van der Waals surface area contributed by atoms with Crippen molar-refractivity contribution in [2.75, 3.05) is 0 Å². The number of aryl methyl sites for hydroxylation is 1. The fourth-order valence-corrected chi connectivity index (χ4v) is 1.46. The maximum Gasteiger partial charge on any atom is 0.268 e. The molecule has 1 amide bonds. The lowest BCUT2D eigenvalue weighted by Crippen LogP contribution is -2.31. The number of nitrogens with zero attached hydrogens (tertiary/aromatic N) is 1. The van der Waals surface area contributed by atoms with E-state index in [1.54, 1.807) is 0 Å². The van der Waals surface area contributed by atoms with Crippen LogP contribution in [0.2, 0.25) is 0 Å². The van der Waals surface area contributed by atoms with E-state index in [2.05, 4.69) is 5.32 Å². The summed E-state index contributed by atoms with van der Waals surface area (Å²) in [6, 6.07) is 4.10. The van der Waals surface area contributed by atoms with Crippen LogP contribution in [-0.4, -0.2) is 22.6 Å². The van der Waals surface area contributed by atoms with Crippen molar-refractivity contribution in [3.05, 3.63) is 23.5 Å². The molecule has 76 valence electrons. The van der Waals surface area contributed by atoms with Gasteiger partial charge in [0.1, 0.15) is 5.69 Å². The largest absolute Gasteiger partial charge is 0.346 e. The second kappa shape index (κ2) is 3.13. The summed E-state index contributed by atoms with van der Waals surface area (Å²) >= 11 is 0. The average Bonchev–Trinajstić information content (AvgIpc) is 2.70. The SMILES string of the molecule is Cc1ccc(C(=O)NC2CC2N)n1C. The van der Waals surface area contributed by atoms with Crippen LogP contribution >= 0.6 is 0 Å². The molecule has 3 N–H and O–H groups in total. The Kier molecular flexibility index (Phi) is 2.07. The molecule has 2 atom stereocenters. The number of carbonyl (C=O) groups excluding carboxylic acids is 1. The molecular formula is C10H15N3O. The van der Waals surface area contributed by atoms with Crippen LogP contribution in [0.1, 0.15) is 22.6 Å². The van der Waals surface area contributed by atoms with Gasteiger partial charge in [0.25, 0.3) is 5.91 Å². The van der Waals surface area contributed by atoms with Crippen LogP contribution in [0.25, 0.3) is 0 Å². The van der Waals surface area contributed by atoms with E-state index < -0.39 is 0 Å². The summed E-state index contributed by atoms with van der Waals surface area (Å²) in [6.45, 7) is 1.97. The fourth-order valence-electron chi connectivity index (χ4n) is 1.46. The van der Waals surface area contributed by atoms with E-state index in [1.807, 2.05) is 30.7 Å². The van der Waals surface area contributed by atoms with Gasteiger partial charge in [-0.3, -0.25) is 4.79 Å². The number of nitrogens with one attached hydrogen (secondary N) is 1. The predicted molar refractivity (Wildman–Crippen MR) is 54.0 cm³/mol. The molecule has 0 aromatic carbocycles. The molecule has 1 saturated carbocycles. The van der Waals surface area contributed by atoms with E-state index in [-0.39, 0.29) is 18.0 Å². The lowest BCUT2D eigenvalue weighted by molar-refractivity contribution is 0.0942. The van der Waals surface area contributed by atoms with Gasteiger partial charge in [-0.25, -0.2) is 0 Å². The molecule has 0 bridgehead atoms. The zero-order chi connectivity index (χ0) is 10.3. The molecule has 0 saturated heterocycles. The monoisotopic (exact) mass is 193 g/mol. The molecule has 4 nitrogen and oxygen atoms in total. The molecule has 2 rings (SSSR count). The highest BCUT2D eigenvalue weighted by molar-refractivity contribution is 5.93. The highest BCUT2D eigenvalue weighted by atomic mass is 16.2. The van der Waals surface area contributed by atoms with Crippen LogP contribution in [0.4, 0.5) is 0 Å². The minimum Gasteiger partial charge on any atom is -0.346 e. The summed E-state index contributed by atoms with van der Waals surface area (Å²) < 4.78 is 1.88. The van der Waals surface area contributed by atoms with Crippen molar-refractivity contribution in [1.82, 2.24) is 9.88 Å². The number of aromatic nitrogens is 1. The average molecular weight is 193 g/mol. The molecule has 1 aromatic heterocycles. The van der Waals surface area contributed by atoms with Crippen molar-refractivity contribution in [3.8, 4) is 0 Å². The maximum absolute atomic E-state index is 11.7. The zero-order valence-electron chi connectivity index (χ0n) is 8.45. The van der Waals surface area contributed by atoms with Crippen molar-refractivity contribution in [2.24, 2.45) is 12.8 Å². The first kappa shape index (κ1) is 9.27. The van der Waals surface area contributed by atoms with Gasteiger partial charge in [0, 0.05) is 24.8 Å². The van der Waals surface area contributed by atoms with Crippen LogP contribution in [0.15, 0.2) is 12.1 Å². The Balaban J connectivity index is 2.07. The minimum atomic E-state index is -0.0291. The molecule has 1 aliphatic rings. The van der Waals surface area contributed by atoms with Gasteiger partial charge in [-0.2, -0.15) is 0 Å². The van der Waals surface area contributed by atoms with Crippen molar-refractivity contribution in [1.29, 1.82) is 0 Å². The quantitative estimate of drug-likeness (QED) is 0.703. The van der Waals surface area contributed by atoms with Gasteiger partial charge in [-0.1, -0.05) is 0 Å². The third kappa shape index (κ3) is 1.53. The summed E-state index contributed by atoms with van der Waals surface area (Å²) in [7, 11) is 1.89. The number of amides is 1. The molecule has 1 aromatic rings. The van der Waals surface area contributed by atoms with Crippen molar-refractivity contribution in [3.63, 3.8) is 0 Å². The van der Waals surface area contributed by atoms with Gasteiger partial charge in [0.2, 0.25) is 0 Å². The molecule has 1 heterocycles. The zero-order valence-corrected chi connectivity index (χ0v) is 8.45. The summed E-state index contributed by atoms with van der Waals surface area (Å²) in [6.07, 6.45) is 0.898. The Labute approximate surface area is 83.1 Å². The first-order chi connectivity index (χ1) is 6.59. The molecular weight excluding hydrogens is 178 g/mol. The van der Waals surface area contributed by atoms with Gasteiger partial charge in [0.15, 0.2) is 0 Å². The number of rotatable bonds is 2. The summed E-state index contributed by atoms with van der Waals surface area (Å²) in [5.74, 6) is -0.0291. The van der Waals surface area contributed by atoms with Crippen molar-refractivity contribution in [2.45, 2.75) is 25.4 Å². The maximum atomic E-state index is 11.7. The molecule has 1 fully saturated rings. The lowest BCUT2D eigenvalue weighted by Gasteiger charge is -2.05. The van der Waals surface area contributed by atoms with E-state index in [9.17, 15) is 4.79 Å². The number of hydrogen-bond acceptors (Lipinski definition) is 2. The molecule has 0 aliphatic heterocycles. The van der Waals surface area contributed by atoms with Gasteiger partial charge in [0.05, 0.1) is 0 Å². The predicted octanol–water partition coefficient (Wildman–Crippen LogP) is 0.163. The van der Waals surface area contributed by atoms with Crippen LogP contribution in [0.3, 0.4) is 0 Å². The van der Waals surface area contributed by atoms with Gasteiger partial charge < -0.3 is 15.6 Å². The van der Waals surface area contributed by atoms with Gasteiger partial charge in [-0.15, -0.1) is 0 Å². The van der Waals surface area contributed by atoms with Crippen LogP contribution in [0, 0.1) is 6.92 Å². The fraction of sp³-hybridized carbons (Fsp3) is 0.500. The molecule has 4 heteroatoms. The highest BCUT2D eigenvalue weighted by Gasteiger charge is 2.35. The molecule has 14 heavy (non-hydrogen) atoms. The van der Waals surface area contributed by atoms with E-state index in [1.165, 1.54) is 0 Å². The van der Waals surface area contributed by atoms with Crippen LogP contribution < -0.4 is 11.1 Å². The van der Waals surface area contributed by atoms with E-state index in [4.69, 9.17) is 5.73 Å². The second-order valence-electron chi connectivity index (χ2n) is 3.90. The Morgan fingerprint density at radius 1 is 1.64 bits per heavy atom. The van der Waals surface area contributed by atoms with Crippen LogP contribution in [0.5, 0.6) is 0 Å². The Morgan fingerprint density at radius 3 is 2.71 bits per heavy atom. The lowest BCUT2D eigenvalue weighted by atomic mass is 10.4. The minimum absolute atomic E-state index is 0.0291. The summed E-state index contributed by atoms with van der Waals surface area (Å²) in [4.78, 5) is 11.7. The van der Waals surface area contributed by atoms with Gasteiger partial charge >= 0.3 is 0 Å². The normalized spacial score (nSPS) is 24.8. The van der Waals surface area contributed by atoms with Crippen LogP contribution in [-0.2, 0) is 7.05 Å². The van der Waals surface area contributed by atoms with E-state index in [0.29, 0.717) is 5.69 Å². The summed E-state index contributed by atoms with van der Waals surface area (Å²) in [5, 5.41) is 2.89. The highest BCUT2D eigenvalue weighted by Crippen LogP contribution is 2.18. The molecule has 2 unspecified atom stereocenters. The third-order valence-corrected chi connectivity index (χ3v) is 2.76. The number of carbonyl (C=O) groups is 1. The Morgan fingerprint density at radius 2 is 2.29 bits per heavy atom. The van der Waals surface area contributed by atoms with Crippen molar-refractivity contribution >= 4 is 5.91 Å². The Hall–Kier alpha value is -1.29. The Bertz CT molecular complexity index is 369.